The summed E-state index contributed by atoms with van der Waals surface area (Å²) in [5.41, 5.74) is 0.969. The summed E-state index contributed by atoms with van der Waals surface area (Å²) in [7, 11) is 0. The van der Waals surface area contributed by atoms with Gasteiger partial charge in [-0.15, -0.1) is 0 Å². The van der Waals surface area contributed by atoms with E-state index in [4.69, 9.17) is 9.72 Å². The van der Waals surface area contributed by atoms with Gasteiger partial charge in [0, 0.05) is 24.5 Å². The van der Waals surface area contributed by atoms with Gasteiger partial charge in [-0.25, -0.2) is 9.97 Å². The number of nitrogens with one attached hydrogen (secondary N) is 1. The van der Waals surface area contributed by atoms with Crippen LogP contribution >= 0.6 is 11.8 Å². The molecular weight excluding hydrogens is 322 g/mol. The van der Waals surface area contributed by atoms with Crippen molar-refractivity contribution < 1.29 is 9.53 Å². The smallest absolute Gasteiger partial charge is 0.230 e. The minimum absolute atomic E-state index is 0.0335. The first-order valence-corrected chi connectivity index (χ1v) is 9.56. The molecule has 2 fully saturated rings. The van der Waals surface area contributed by atoms with E-state index in [1.165, 1.54) is 24.6 Å². The monoisotopic (exact) mass is 343 g/mol. The van der Waals surface area contributed by atoms with E-state index in [0.717, 1.165) is 41.2 Å². The first kappa shape index (κ1) is 15.8. The molecule has 5 nitrogen and oxygen atoms in total. The molecule has 1 saturated heterocycles. The minimum Gasteiger partial charge on any atom is -0.376 e. The fourth-order valence-corrected chi connectivity index (χ4v) is 3.77. The second-order valence-electron chi connectivity index (χ2n) is 6.41. The fourth-order valence-electron chi connectivity index (χ4n) is 2.92. The Bertz CT molecular complexity index is 742. The SMILES string of the molecule is O=C(CSc1nc(C2CC2)nc2ccccc12)NC[C@H]1CCCO1. The maximum atomic E-state index is 12.1. The number of benzene rings is 1. The zero-order valence-electron chi connectivity index (χ0n) is 13.5. The predicted molar refractivity (Wildman–Crippen MR) is 94.2 cm³/mol. The van der Waals surface area contributed by atoms with Crippen molar-refractivity contribution in [3.05, 3.63) is 30.1 Å². The van der Waals surface area contributed by atoms with Crippen LogP contribution in [0.25, 0.3) is 10.9 Å². The molecule has 1 amide bonds. The Hall–Kier alpha value is -1.66. The topological polar surface area (TPSA) is 64.1 Å². The molecule has 1 aliphatic heterocycles. The van der Waals surface area contributed by atoms with Gasteiger partial charge in [0.2, 0.25) is 5.91 Å². The molecule has 1 aliphatic carbocycles. The molecule has 1 aromatic carbocycles. The van der Waals surface area contributed by atoms with Crippen LogP contribution in [0.3, 0.4) is 0 Å². The first-order valence-electron chi connectivity index (χ1n) is 8.57. The van der Waals surface area contributed by atoms with Crippen LogP contribution in [0.2, 0.25) is 0 Å². The Morgan fingerprint density at radius 1 is 1.25 bits per heavy atom. The predicted octanol–water partition coefficient (Wildman–Crippen LogP) is 2.89. The summed E-state index contributed by atoms with van der Waals surface area (Å²) in [6, 6.07) is 8.03. The van der Waals surface area contributed by atoms with Crippen molar-refractivity contribution in [1.29, 1.82) is 0 Å². The maximum Gasteiger partial charge on any atom is 0.230 e. The highest BCUT2D eigenvalue weighted by atomic mass is 32.2. The number of aromatic nitrogens is 2. The van der Waals surface area contributed by atoms with Crippen molar-refractivity contribution in [3.8, 4) is 0 Å². The number of ether oxygens (including phenoxy) is 1. The van der Waals surface area contributed by atoms with Gasteiger partial charge in [0.05, 0.1) is 17.4 Å². The number of rotatable bonds is 6. The summed E-state index contributed by atoms with van der Waals surface area (Å²) >= 11 is 1.50. The molecule has 1 atom stereocenters. The van der Waals surface area contributed by atoms with Gasteiger partial charge in [-0.1, -0.05) is 30.0 Å². The molecule has 0 unspecified atom stereocenters. The number of para-hydroxylation sites is 1. The molecule has 2 aromatic rings. The Morgan fingerprint density at radius 2 is 2.12 bits per heavy atom. The highest BCUT2D eigenvalue weighted by Crippen LogP contribution is 2.39. The average molecular weight is 343 g/mol. The quantitative estimate of drug-likeness (QED) is 0.645. The second kappa shape index (κ2) is 7.07. The third-order valence-corrected chi connectivity index (χ3v) is 5.41. The first-order chi connectivity index (χ1) is 11.8. The van der Waals surface area contributed by atoms with Gasteiger partial charge in [0.25, 0.3) is 0 Å². The van der Waals surface area contributed by atoms with Gasteiger partial charge in [-0.05, 0) is 31.7 Å². The van der Waals surface area contributed by atoms with Crippen LogP contribution in [0, 0.1) is 0 Å². The van der Waals surface area contributed by atoms with E-state index in [-0.39, 0.29) is 12.0 Å². The van der Waals surface area contributed by atoms with Crippen LogP contribution in [0.1, 0.15) is 37.4 Å². The van der Waals surface area contributed by atoms with Crippen LogP contribution in [0.5, 0.6) is 0 Å². The van der Waals surface area contributed by atoms with Crippen molar-refractivity contribution in [2.24, 2.45) is 0 Å². The molecule has 1 aromatic heterocycles. The highest BCUT2D eigenvalue weighted by molar-refractivity contribution is 8.00. The Morgan fingerprint density at radius 3 is 2.92 bits per heavy atom. The van der Waals surface area contributed by atoms with E-state index < -0.39 is 0 Å². The molecule has 4 rings (SSSR count). The molecule has 0 bridgehead atoms. The lowest BCUT2D eigenvalue weighted by Gasteiger charge is -2.11. The molecule has 1 N–H and O–H groups in total. The van der Waals surface area contributed by atoms with Gasteiger partial charge in [-0.3, -0.25) is 4.79 Å². The molecule has 2 aliphatic rings. The number of hydrogen-bond acceptors (Lipinski definition) is 5. The minimum atomic E-state index is 0.0335. The number of carbonyl (C=O) groups is 1. The van der Waals surface area contributed by atoms with E-state index in [1.807, 2.05) is 24.3 Å². The lowest BCUT2D eigenvalue weighted by Crippen LogP contribution is -2.32. The summed E-state index contributed by atoms with van der Waals surface area (Å²) in [6.07, 6.45) is 4.65. The molecule has 0 spiro atoms. The van der Waals surface area contributed by atoms with Gasteiger partial charge in [-0.2, -0.15) is 0 Å². The zero-order chi connectivity index (χ0) is 16.4. The Kier molecular flexibility index (Phi) is 4.67. The van der Waals surface area contributed by atoms with Crippen LogP contribution in [-0.2, 0) is 9.53 Å². The van der Waals surface area contributed by atoms with Gasteiger partial charge in [0.15, 0.2) is 0 Å². The summed E-state index contributed by atoms with van der Waals surface area (Å²) in [5.74, 6) is 1.84. The van der Waals surface area contributed by atoms with Gasteiger partial charge >= 0.3 is 0 Å². The molecular formula is C18H21N3O2S. The normalized spacial score (nSPS) is 20.4. The summed E-state index contributed by atoms with van der Waals surface area (Å²) in [5, 5.41) is 4.90. The molecule has 6 heteroatoms. The average Bonchev–Trinajstić information content (AvgIpc) is 3.33. The van der Waals surface area contributed by atoms with E-state index in [1.54, 1.807) is 0 Å². The number of fused-ring (bicyclic) bond motifs is 1. The van der Waals surface area contributed by atoms with Crippen molar-refractivity contribution in [2.75, 3.05) is 18.9 Å². The van der Waals surface area contributed by atoms with Crippen LogP contribution < -0.4 is 5.32 Å². The highest BCUT2D eigenvalue weighted by Gasteiger charge is 2.27. The number of nitrogens with zero attached hydrogens (tertiary/aromatic N) is 2. The summed E-state index contributed by atoms with van der Waals surface area (Å²) in [4.78, 5) is 21.5. The van der Waals surface area contributed by atoms with E-state index in [2.05, 4.69) is 10.3 Å². The maximum absolute atomic E-state index is 12.1. The van der Waals surface area contributed by atoms with E-state index >= 15 is 0 Å². The number of carbonyl (C=O) groups excluding carboxylic acids is 1. The van der Waals surface area contributed by atoms with Gasteiger partial charge in [0.1, 0.15) is 10.9 Å². The van der Waals surface area contributed by atoms with Gasteiger partial charge < -0.3 is 10.1 Å². The molecule has 0 radical (unpaired) electrons. The van der Waals surface area contributed by atoms with Crippen molar-refractivity contribution in [3.63, 3.8) is 0 Å². The summed E-state index contributed by atoms with van der Waals surface area (Å²) < 4.78 is 5.53. The van der Waals surface area contributed by atoms with Crippen LogP contribution in [0.4, 0.5) is 0 Å². The fraction of sp³-hybridized carbons (Fsp3) is 0.500. The zero-order valence-corrected chi connectivity index (χ0v) is 14.3. The molecule has 2 heterocycles. The van der Waals surface area contributed by atoms with Crippen molar-refractivity contribution in [1.82, 2.24) is 15.3 Å². The van der Waals surface area contributed by atoms with E-state index in [0.29, 0.717) is 18.2 Å². The Labute approximate surface area is 145 Å². The molecule has 1 saturated carbocycles. The second-order valence-corrected chi connectivity index (χ2v) is 7.37. The lowest BCUT2D eigenvalue weighted by atomic mass is 10.2. The number of thioether (sulfide) groups is 1. The van der Waals surface area contributed by atoms with Crippen molar-refractivity contribution in [2.45, 2.75) is 42.7 Å². The Balaban J connectivity index is 1.42. The molecule has 126 valence electrons. The molecule has 24 heavy (non-hydrogen) atoms. The third kappa shape index (κ3) is 3.70. The van der Waals surface area contributed by atoms with Crippen LogP contribution in [-0.4, -0.2) is 40.9 Å². The number of hydrogen-bond donors (Lipinski definition) is 1. The lowest BCUT2D eigenvalue weighted by molar-refractivity contribution is -0.119. The third-order valence-electron chi connectivity index (χ3n) is 4.42. The largest absolute Gasteiger partial charge is 0.376 e. The van der Waals surface area contributed by atoms with E-state index in [9.17, 15) is 4.79 Å². The number of amides is 1. The van der Waals surface area contributed by atoms with Crippen molar-refractivity contribution >= 4 is 28.6 Å². The standard InChI is InChI=1S/C18H21N3O2S/c22-16(19-10-13-4-3-9-23-13)11-24-18-14-5-1-2-6-15(14)20-17(21-18)12-7-8-12/h1-2,5-6,12-13H,3-4,7-11H2,(H,19,22)/t13-/m1/s1. The van der Waals surface area contributed by atoms with Crippen LogP contribution in [0.15, 0.2) is 29.3 Å². The summed E-state index contributed by atoms with van der Waals surface area (Å²) in [6.45, 7) is 1.42.